The smallest absolute Gasteiger partial charge is 0.323 e. The van der Waals surface area contributed by atoms with Gasteiger partial charge < -0.3 is 19.8 Å². The van der Waals surface area contributed by atoms with Crippen LogP contribution in [0.2, 0.25) is 0 Å². The number of likely N-dealkylation sites (tertiary alicyclic amines) is 1. The first-order chi connectivity index (χ1) is 14.1. The molecule has 4 atom stereocenters. The van der Waals surface area contributed by atoms with Crippen LogP contribution in [0.25, 0.3) is 0 Å². The Balaban J connectivity index is 1.40. The summed E-state index contributed by atoms with van der Waals surface area (Å²) in [5.41, 5.74) is 0.000150. The van der Waals surface area contributed by atoms with Crippen molar-refractivity contribution < 1.29 is 9.59 Å². The van der Waals surface area contributed by atoms with E-state index in [-0.39, 0.29) is 23.7 Å². The van der Waals surface area contributed by atoms with Crippen LogP contribution in [0.3, 0.4) is 0 Å². The summed E-state index contributed by atoms with van der Waals surface area (Å²) in [5.74, 6) is 1.67. The van der Waals surface area contributed by atoms with Crippen LogP contribution < -0.4 is 5.69 Å². The summed E-state index contributed by atoms with van der Waals surface area (Å²) in [6.07, 6.45) is 13.0. The zero-order valence-electron chi connectivity index (χ0n) is 17.1. The van der Waals surface area contributed by atoms with Gasteiger partial charge in [-0.3, -0.25) is 9.59 Å². The Kier molecular flexibility index (Phi) is 5.00. The summed E-state index contributed by atoms with van der Waals surface area (Å²) in [6.45, 7) is 1.38. The van der Waals surface area contributed by atoms with E-state index < -0.39 is 0 Å². The van der Waals surface area contributed by atoms with Gasteiger partial charge in [-0.2, -0.15) is 0 Å². The molecule has 1 aromatic heterocycles. The average Bonchev–Trinajstić information content (AvgIpc) is 3.17. The summed E-state index contributed by atoms with van der Waals surface area (Å²) < 4.78 is 0. The van der Waals surface area contributed by atoms with Gasteiger partial charge in [0.15, 0.2) is 0 Å². The zero-order valence-corrected chi connectivity index (χ0v) is 17.1. The van der Waals surface area contributed by atoms with Gasteiger partial charge in [0.1, 0.15) is 5.69 Å². The number of amides is 2. The molecule has 0 unspecified atom stereocenters. The van der Waals surface area contributed by atoms with Gasteiger partial charge in [0.25, 0.3) is 5.91 Å². The topological polar surface area (TPSA) is 89.3 Å². The standard InChI is InChI=1S/C22H32N4O3/c27-20-8-4-7-18-15-10-16(19(26(18)20)9-14-5-2-1-3-6-14)13-25(12-15)21(28)17-11-23-22(29)24-17/h11,14-16,18-19H,1-10,12-13H2,(H2,23,24,29)/t15-,16+,18+,19+/m1/s1. The van der Waals surface area contributed by atoms with Gasteiger partial charge in [0.05, 0.1) is 0 Å². The zero-order chi connectivity index (χ0) is 20.0. The number of fused-ring (bicyclic) bond motifs is 4. The summed E-state index contributed by atoms with van der Waals surface area (Å²) in [6, 6.07) is 0.551. The monoisotopic (exact) mass is 400 g/mol. The van der Waals surface area contributed by atoms with E-state index in [9.17, 15) is 14.4 Å². The van der Waals surface area contributed by atoms with Crippen molar-refractivity contribution in [1.29, 1.82) is 0 Å². The fourth-order valence-corrected chi connectivity index (χ4v) is 6.63. The molecule has 4 aliphatic rings. The number of nitrogens with zero attached hydrogens (tertiary/aromatic N) is 2. The van der Waals surface area contributed by atoms with Crippen LogP contribution in [0.4, 0.5) is 0 Å². The maximum atomic E-state index is 13.0. The first-order valence-corrected chi connectivity index (χ1v) is 11.5. The Hall–Kier alpha value is -2.05. The molecule has 158 valence electrons. The van der Waals surface area contributed by atoms with Crippen molar-refractivity contribution in [1.82, 2.24) is 19.8 Å². The number of aromatic amines is 2. The van der Waals surface area contributed by atoms with Crippen LogP contribution in [-0.4, -0.2) is 56.8 Å². The van der Waals surface area contributed by atoms with Gasteiger partial charge in [-0.05, 0) is 43.4 Å². The number of H-pyrrole nitrogens is 2. The van der Waals surface area contributed by atoms with Crippen LogP contribution in [0.1, 0.15) is 74.7 Å². The number of hydrogen-bond acceptors (Lipinski definition) is 3. The third kappa shape index (κ3) is 3.53. The van der Waals surface area contributed by atoms with Crippen molar-refractivity contribution in [3.8, 4) is 0 Å². The number of carbonyl (C=O) groups is 2. The minimum absolute atomic E-state index is 0.0925. The SMILES string of the molecule is O=C(c1c[nH]c(=O)[nH]1)N1C[C@H]2C[C@@H](C1)[C@H](CC1CCCCC1)N1C(=O)CCC[C@@H]21. The quantitative estimate of drug-likeness (QED) is 0.817. The third-order valence-electron chi connectivity index (χ3n) is 7.91. The number of hydrogen-bond donors (Lipinski definition) is 2. The van der Waals surface area contributed by atoms with Crippen molar-refractivity contribution in [3.05, 3.63) is 22.4 Å². The normalized spacial score (nSPS) is 32.9. The second-order valence-electron chi connectivity index (χ2n) is 9.69. The molecule has 3 aliphatic heterocycles. The molecule has 3 saturated heterocycles. The summed E-state index contributed by atoms with van der Waals surface area (Å²) in [5, 5.41) is 0. The number of rotatable bonds is 3. The number of aromatic nitrogens is 2. The van der Waals surface area contributed by atoms with Gasteiger partial charge in [-0.1, -0.05) is 32.1 Å². The lowest BCUT2D eigenvalue weighted by Gasteiger charge is -2.57. The summed E-state index contributed by atoms with van der Waals surface area (Å²) >= 11 is 0. The molecule has 0 aromatic carbocycles. The summed E-state index contributed by atoms with van der Waals surface area (Å²) in [7, 11) is 0. The molecular weight excluding hydrogens is 368 g/mol. The minimum Gasteiger partial charge on any atom is -0.337 e. The number of carbonyl (C=O) groups excluding carboxylic acids is 2. The van der Waals surface area contributed by atoms with Gasteiger partial charge in [-0.25, -0.2) is 4.79 Å². The molecule has 29 heavy (non-hydrogen) atoms. The van der Waals surface area contributed by atoms with Gasteiger partial charge >= 0.3 is 5.69 Å². The molecule has 7 heteroatoms. The lowest BCUT2D eigenvalue weighted by molar-refractivity contribution is -0.153. The molecule has 0 radical (unpaired) electrons. The maximum absolute atomic E-state index is 13.0. The van der Waals surface area contributed by atoms with Crippen LogP contribution in [0, 0.1) is 17.8 Å². The Morgan fingerprint density at radius 3 is 2.59 bits per heavy atom. The van der Waals surface area contributed by atoms with Gasteiger partial charge in [0, 0.05) is 37.8 Å². The van der Waals surface area contributed by atoms with E-state index in [4.69, 9.17) is 0 Å². The molecule has 1 aliphatic carbocycles. The molecule has 1 aromatic rings. The second-order valence-corrected chi connectivity index (χ2v) is 9.69. The van der Waals surface area contributed by atoms with Crippen LogP contribution in [0.15, 0.2) is 11.0 Å². The maximum Gasteiger partial charge on any atom is 0.323 e. The van der Waals surface area contributed by atoms with Crippen molar-refractivity contribution in [2.75, 3.05) is 13.1 Å². The van der Waals surface area contributed by atoms with Crippen LogP contribution in [-0.2, 0) is 4.79 Å². The average molecular weight is 401 g/mol. The molecule has 2 bridgehead atoms. The van der Waals surface area contributed by atoms with E-state index in [1.165, 1.54) is 38.3 Å². The van der Waals surface area contributed by atoms with Gasteiger partial charge in [-0.15, -0.1) is 0 Å². The highest BCUT2D eigenvalue weighted by Gasteiger charge is 2.50. The molecule has 4 fully saturated rings. The first kappa shape index (κ1) is 18.9. The van der Waals surface area contributed by atoms with Gasteiger partial charge in [0.2, 0.25) is 5.91 Å². The molecule has 2 amide bonds. The fourth-order valence-electron chi connectivity index (χ4n) is 6.63. The van der Waals surface area contributed by atoms with Crippen LogP contribution >= 0.6 is 0 Å². The third-order valence-corrected chi connectivity index (χ3v) is 7.91. The number of imidazole rings is 1. The molecule has 7 nitrogen and oxygen atoms in total. The molecule has 2 N–H and O–H groups in total. The second kappa shape index (κ2) is 7.65. The first-order valence-electron chi connectivity index (χ1n) is 11.5. The fraction of sp³-hybridized carbons (Fsp3) is 0.773. The molecular formula is C22H32N4O3. The summed E-state index contributed by atoms with van der Waals surface area (Å²) in [4.78, 5) is 46.8. The van der Waals surface area contributed by atoms with E-state index in [2.05, 4.69) is 14.9 Å². The molecule has 1 saturated carbocycles. The predicted molar refractivity (Wildman–Crippen MR) is 108 cm³/mol. The van der Waals surface area contributed by atoms with E-state index in [1.54, 1.807) is 0 Å². The van der Waals surface area contributed by atoms with Crippen LogP contribution in [0.5, 0.6) is 0 Å². The highest BCUT2D eigenvalue weighted by molar-refractivity contribution is 5.92. The van der Waals surface area contributed by atoms with Crippen molar-refractivity contribution >= 4 is 11.8 Å². The number of piperidine rings is 3. The lowest BCUT2D eigenvalue weighted by atomic mass is 9.69. The van der Waals surface area contributed by atoms with E-state index in [0.717, 1.165) is 25.7 Å². The molecule has 5 rings (SSSR count). The Morgan fingerprint density at radius 1 is 1.03 bits per heavy atom. The molecule has 4 heterocycles. The Bertz CT molecular complexity index is 824. The van der Waals surface area contributed by atoms with E-state index >= 15 is 0 Å². The van der Waals surface area contributed by atoms with Crippen molar-refractivity contribution in [2.45, 2.75) is 76.3 Å². The Morgan fingerprint density at radius 2 is 1.83 bits per heavy atom. The van der Waals surface area contributed by atoms with Crippen molar-refractivity contribution in [3.63, 3.8) is 0 Å². The molecule has 0 spiro atoms. The highest BCUT2D eigenvalue weighted by atomic mass is 16.2. The minimum atomic E-state index is -0.343. The lowest BCUT2D eigenvalue weighted by Crippen LogP contribution is -2.65. The highest BCUT2D eigenvalue weighted by Crippen LogP contribution is 2.44. The van der Waals surface area contributed by atoms with Crippen molar-refractivity contribution in [2.24, 2.45) is 17.8 Å². The van der Waals surface area contributed by atoms with E-state index in [1.807, 2.05) is 4.90 Å². The largest absolute Gasteiger partial charge is 0.337 e. The number of nitrogens with one attached hydrogen (secondary N) is 2. The van der Waals surface area contributed by atoms with E-state index in [0.29, 0.717) is 48.9 Å². The predicted octanol–water partition coefficient (Wildman–Crippen LogP) is 2.51. The Labute approximate surface area is 171 Å².